The Labute approximate surface area is 115 Å². The van der Waals surface area contributed by atoms with Crippen molar-refractivity contribution in [3.63, 3.8) is 0 Å². The zero-order chi connectivity index (χ0) is 14.9. The lowest BCUT2D eigenvalue weighted by Gasteiger charge is -2.19. The number of aromatic nitrogens is 2. The summed E-state index contributed by atoms with van der Waals surface area (Å²) in [5.41, 5.74) is 0.859. The maximum atomic E-state index is 13.1. The molecule has 2 heterocycles. The molecule has 0 saturated carbocycles. The molecule has 0 unspecified atom stereocenters. The Kier molecular flexibility index (Phi) is 3.65. The number of nitrogens with zero attached hydrogens (tertiary/aromatic N) is 3. The summed E-state index contributed by atoms with van der Waals surface area (Å²) in [5.74, 6) is 0. The molecule has 0 N–H and O–H groups in total. The Morgan fingerprint density at radius 3 is 2.35 bits per heavy atom. The van der Waals surface area contributed by atoms with E-state index < -0.39 is 11.9 Å². The Balaban J connectivity index is 2.58. The smallest absolute Gasteiger partial charge is 0.376 e. The van der Waals surface area contributed by atoms with Crippen LogP contribution >= 0.6 is 0 Å². The molecule has 2 aromatic heterocycles. The van der Waals surface area contributed by atoms with Crippen molar-refractivity contribution < 1.29 is 13.2 Å². The van der Waals surface area contributed by atoms with Crippen molar-refractivity contribution in [2.45, 2.75) is 13.1 Å². The predicted molar refractivity (Wildman–Crippen MR) is 71.5 cm³/mol. The first-order chi connectivity index (χ1) is 9.29. The lowest BCUT2D eigenvalue weighted by atomic mass is 10.1. The molecule has 0 spiro atoms. The van der Waals surface area contributed by atoms with Gasteiger partial charge in [-0.25, -0.2) is 4.98 Å². The van der Waals surface area contributed by atoms with E-state index in [0.29, 0.717) is 5.56 Å². The molecular formula is C14H14F3N3. The molecule has 0 aromatic carbocycles. The first-order valence-corrected chi connectivity index (χ1v) is 5.96. The van der Waals surface area contributed by atoms with E-state index in [2.05, 4.69) is 9.97 Å². The average molecular weight is 281 g/mol. The first-order valence-electron chi connectivity index (χ1n) is 5.96. The van der Waals surface area contributed by atoms with Crippen LogP contribution in [0.25, 0.3) is 11.3 Å². The Bertz CT molecular complexity index is 621. The SMILES string of the molecule is Cc1cncc(-c2ccc(N(C)C)c(C(F)(F)F)n2)c1. The topological polar surface area (TPSA) is 29.0 Å². The van der Waals surface area contributed by atoms with E-state index in [1.165, 1.54) is 17.2 Å². The third kappa shape index (κ3) is 2.89. The zero-order valence-electron chi connectivity index (χ0n) is 11.4. The third-order valence-electron chi connectivity index (χ3n) is 2.79. The molecule has 0 atom stereocenters. The van der Waals surface area contributed by atoms with Crippen LogP contribution in [0, 0.1) is 6.92 Å². The summed E-state index contributed by atoms with van der Waals surface area (Å²) in [6.07, 6.45) is -1.35. The van der Waals surface area contributed by atoms with Gasteiger partial charge in [-0.15, -0.1) is 0 Å². The predicted octanol–water partition coefficient (Wildman–Crippen LogP) is 3.54. The quantitative estimate of drug-likeness (QED) is 0.843. The highest BCUT2D eigenvalue weighted by molar-refractivity contribution is 5.63. The summed E-state index contributed by atoms with van der Waals surface area (Å²) in [4.78, 5) is 9.15. The van der Waals surface area contributed by atoms with Crippen LogP contribution in [0.4, 0.5) is 18.9 Å². The highest BCUT2D eigenvalue weighted by Gasteiger charge is 2.36. The molecule has 0 radical (unpaired) electrons. The number of alkyl halides is 3. The van der Waals surface area contributed by atoms with Crippen molar-refractivity contribution in [1.82, 2.24) is 9.97 Å². The molecular weight excluding hydrogens is 267 g/mol. The summed E-state index contributed by atoms with van der Waals surface area (Å²) in [7, 11) is 3.11. The molecule has 0 bridgehead atoms. The fraction of sp³-hybridized carbons (Fsp3) is 0.286. The van der Waals surface area contributed by atoms with Gasteiger partial charge in [0.25, 0.3) is 0 Å². The third-order valence-corrected chi connectivity index (χ3v) is 2.79. The number of aryl methyl sites for hydroxylation is 1. The van der Waals surface area contributed by atoms with Gasteiger partial charge in [0.15, 0.2) is 5.69 Å². The van der Waals surface area contributed by atoms with E-state index in [1.807, 2.05) is 6.92 Å². The van der Waals surface area contributed by atoms with Crippen LogP contribution in [0.3, 0.4) is 0 Å². The van der Waals surface area contributed by atoms with Crippen molar-refractivity contribution in [1.29, 1.82) is 0 Å². The van der Waals surface area contributed by atoms with Gasteiger partial charge in [-0.05, 0) is 30.7 Å². The second-order valence-electron chi connectivity index (χ2n) is 4.71. The van der Waals surface area contributed by atoms with Crippen molar-refractivity contribution in [3.8, 4) is 11.3 Å². The maximum Gasteiger partial charge on any atom is 0.435 e. The van der Waals surface area contributed by atoms with Gasteiger partial charge in [-0.2, -0.15) is 13.2 Å². The van der Waals surface area contributed by atoms with Gasteiger partial charge >= 0.3 is 6.18 Å². The van der Waals surface area contributed by atoms with Crippen LogP contribution in [0.1, 0.15) is 11.3 Å². The molecule has 106 valence electrons. The van der Waals surface area contributed by atoms with E-state index in [4.69, 9.17) is 0 Å². The molecule has 2 aromatic rings. The average Bonchev–Trinajstić information content (AvgIpc) is 2.37. The van der Waals surface area contributed by atoms with E-state index in [1.54, 1.807) is 32.4 Å². The molecule has 0 aliphatic carbocycles. The van der Waals surface area contributed by atoms with E-state index in [-0.39, 0.29) is 11.4 Å². The molecule has 0 aliphatic heterocycles. The molecule has 0 aliphatic rings. The molecule has 0 fully saturated rings. The van der Waals surface area contributed by atoms with Crippen LogP contribution in [-0.2, 0) is 6.18 Å². The Morgan fingerprint density at radius 2 is 1.80 bits per heavy atom. The number of hydrogen-bond acceptors (Lipinski definition) is 3. The second kappa shape index (κ2) is 5.11. The molecule has 2 rings (SSSR count). The molecule has 20 heavy (non-hydrogen) atoms. The molecule has 0 saturated heterocycles. The standard InChI is InChI=1S/C14H14F3N3/c1-9-6-10(8-18-7-9)11-4-5-12(20(2)3)13(19-11)14(15,16)17/h4-8H,1-3H3. The number of hydrogen-bond donors (Lipinski definition) is 0. The number of anilines is 1. The summed E-state index contributed by atoms with van der Waals surface area (Å²) < 4.78 is 39.2. The molecule has 3 nitrogen and oxygen atoms in total. The Hall–Kier alpha value is -2.11. The van der Waals surface area contributed by atoms with Gasteiger partial charge in [0.2, 0.25) is 0 Å². The first kappa shape index (κ1) is 14.3. The number of halogens is 3. The van der Waals surface area contributed by atoms with Gasteiger partial charge < -0.3 is 4.90 Å². The van der Waals surface area contributed by atoms with Crippen molar-refractivity contribution in [3.05, 3.63) is 41.9 Å². The van der Waals surface area contributed by atoms with E-state index in [9.17, 15) is 13.2 Å². The summed E-state index contributed by atoms with van der Waals surface area (Å²) in [6, 6.07) is 4.75. The lowest BCUT2D eigenvalue weighted by Crippen LogP contribution is -2.18. The molecule has 6 heteroatoms. The van der Waals surface area contributed by atoms with Gasteiger partial charge in [0.1, 0.15) is 0 Å². The van der Waals surface area contributed by atoms with Crippen LogP contribution in [-0.4, -0.2) is 24.1 Å². The monoisotopic (exact) mass is 281 g/mol. The second-order valence-corrected chi connectivity index (χ2v) is 4.71. The van der Waals surface area contributed by atoms with Gasteiger partial charge in [-0.3, -0.25) is 4.98 Å². The minimum absolute atomic E-state index is 0.0434. The lowest BCUT2D eigenvalue weighted by molar-refractivity contribution is -0.140. The van der Waals surface area contributed by atoms with E-state index in [0.717, 1.165) is 5.56 Å². The van der Waals surface area contributed by atoms with Crippen LogP contribution in [0.5, 0.6) is 0 Å². The van der Waals surface area contributed by atoms with Crippen LogP contribution in [0.2, 0.25) is 0 Å². The number of rotatable bonds is 2. The summed E-state index contributed by atoms with van der Waals surface area (Å²) in [5, 5.41) is 0. The highest BCUT2D eigenvalue weighted by atomic mass is 19.4. The minimum atomic E-state index is -4.49. The fourth-order valence-electron chi connectivity index (χ4n) is 1.88. The zero-order valence-corrected chi connectivity index (χ0v) is 11.4. The highest BCUT2D eigenvalue weighted by Crippen LogP contribution is 2.36. The molecule has 0 amide bonds. The van der Waals surface area contributed by atoms with Crippen molar-refractivity contribution in [2.75, 3.05) is 19.0 Å². The minimum Gasteiger partial charge on any atom is -0.376 e. The van der Waals surface area contributed by atoms with E-state index >= 15 is 0 Å². The Morgan fingerprint density at radius 1 is 1.10 bits per heavy atom. The van der Waals surface area contributed by atoms with Gasteiger partial charge in [0, 0.05) is 32.1 Å². The summed E-state index contributed by atoms with van der Waals surface area (Å²) in [6.45, 7) is 1.83. The maximum absolute atomic E-state index is 13.1. The summed E-state index contributed by atoms with van der Waals surface area (Å²) >= 11 is 0. The van der Waals surface area contributed by atoms with Crippen LogP contribution in [0.15, 0.2) is 30.6 Å². The van der Waals surface area contributed by atoms with Gasteiger partial charge in [-0.1, -0.05) is 0 Å². The fourth-order valence-corrected chi connectivity index (χ4v) is 1.88. The van der Waals surface area contributed by atoms with Crippen molar-refractivity contribution >= 4 is 5.69 Å². The van der Waals surface area contributed by atoms with Gasteiger partial charge in [0.05, 0.1) is 11.4 Å². The largest absolute Gasteiger partial charge is 0.435 e. The number of pyridine rings is 2. The normalized spacial score (nSPS) is 11.5. The van der Waals surface area contributed by atoms with Crippen molar-refractivity contribution in [2.24, 2.45) is 0 Å². The van der Waals surface area contributed by atoms with Crippen LogP contribution < -0.4 is 4.90 Å².